The summed E-state index contributed by atoms with van der Waals surface area (Å²) < 4.78 is 3.46. The lowest BCUT2D eigenvalue weighted by molar-refractivity contribution is -0.128. The minimum Gasteiger partial charge on any atom is -0.349 e. The summed E-state index contributed by atoms with van der Waals surface area (Å²) in [4.78, 5) is 26.7. The Morgan fingerprint density at radius 1 is 0.944 bits per heavy atom. The summed E-state index contributed by atoms with van der Waals surface area (Å²) >= 11 is 0. The number of carbonyl (C=O) groups is 1. The molecule has 36 heavy (non-hydrogen) atoms. The molecule has 0 aliphatic heterocycles. The molecule has 7 nitrogen and oxygen atoms in total. The number of aromatic nitrogens is 4. The van der Waals surface area contributed by atoms with Crippen molar-refractivity contribution >= 4 is 17.1 Å². The number of nitrogens with zero attached hydrogens (tertiary/aromatic N) is 5. The van der Waals surface area contributed by atoms with Crippen LogP contribution in [0.25, 0.3) is 33.7 Å². The Bertz CT molecular complexity index is 1480. The second kappa shape index (κ2) is 10.3. The fourth-order valence-corrected chi connectivity index (χ4v) is 4.94. The van der Waals surface area contributed by atoms with Crippen LogP contribution >= 0.6 is 0 Å². The van der Waals surface area contributed by atoms with Crippen LogP contribution in [0.15, 0.2) is 77.2 Å². The van der Waals surface area contributed by atoms with Gasteiger partial charge in [-0.15, -0.1) is 0 Å². The molecule has 5 rings (SSSR count). The molecular formula is C29H31N5O2. The largest absolute Gasteiger partial charge is 0.349 e. The second-order valence-electron chi connectivity index (χ2n) is 9.49. The Balaban J connectivity index is 1.59. The lowest BCUT2D eigenvalue weighted by Gasteiger charge is -2.21. The first-order valence-corrected chi connectivity index (χ1v) is 12.6. The van der Waals surface area contributed by atoms with Crippen LogP contribution in [0.1, 0.15) is 44.9 Å². The fourth-order valence-electron chi connectivity index (χ4n) is 4.94. The smallest absolute Gasteiger partial charge is 0.271 e. The molecule has 0 fully saturated rings. The summed E-state index contributed by atoms with van der Waals surface area (Å²) in [6, 6.07) is 19.4. The number of hydrogen-bond donors (Lipinski definition) is 0. The molecule has 184 valence electrons. The number of benzene rings is 1. The molecule has 3 aromatic heterocycles. The Morgan fingerprint density at radius 2 is 1.72 bits per heavy atom. The topological polar surface area (TPSA) is 72.5 Å². The maximum absolute atomic E-state index is 13.1. The molecule has 0 N–H and O–H groups in total. The van der Waals surface area contributed by atoms with Crippen molar-refractivity contribution in [2.75, 3.05) is 14.1 Å². The highest BCUT2D eigenvalue weighted by Crippen LogP contribution is 2.35. The number of hydrogen-bond acceptors (Lipinski definition) is 4. The quantitative estimate of drug-likeness (QED) is 0.361. The molecule has 3 heterocycles. The Hall–Kier alpha value is -4.00. The molecule has 0 bridgehead atoms. The van der Waals surface area contributed by atoms with E-state index in [1.807, 2.05) is 59.2 Å². The zero-order valence-electron chi connectivity index (χ0n) is 20.9. The molecule has 0 unspecified atom stereocenters. The molecule has 1 aliphatic rings. The van der Waals surface area contributed by atoms with Crippen molar-refractivity contribution in [3.8, 4) is 22.5 Å². The molecule has 0 spiro atoms. The number of pyridine rings is 1. The number of allylic oxidation sites excluding steroid dienone is 2. The summed E-state index contributed by atoms with van der Waals surface area (Å²) in [5, 5.41) is 9.77. The van der Waals surface area contributed by atoms with Gasteiger partial charge in [0.1, 0.15) is 5.69 Å². The monoisotopic (exact) mass is 481 g/mol. The molecule has 4 aromatic rings. The van der Waals surface area contributed by atoms with Gasteiger partial charge in [0.25, 0.3) is 5.56 Å². The Morgan fingerprint density at radius 3 is 2.53 bits per heavy atom. The summed E-state index contributed by atoms with van der Waals surface area (Å²) in [5.74, 6) is 0.131. The van der Waals surface area contributed by atoms with Crippen molar-refractivity contribution < 1.29 is 4.79 Å². The standard InChI is InChI=1S/C29H31N5O2/c1-32(2)26(35)17-10-14-21-11-6-7-15-24(21)34-27(36)19-18-23(30-34)28-25-16-8-9-20-33(25)31-29(28)22-12-4-3-5-13-22/h3-5,8-9,12-13,16,18-20H,6-7,10-11,14-15,17H2,1-2H3. The van der Waals surface area contributed by atoms with Crippen molar-refractivity contribution in [3.63, 3.8) is 0 Å². The normalized spacial score (nSPS) is 13.8. The van der Waals surface area contributed by atoms with Crippen LogP contribution in [-0.2, 0) is 4.79 Å². The van der Waals surface area contributed by atoms with Gasteiger partial charge in [-0.2, -0.15) is 10.2 Å². The first kappa shape index (κ1) is 23.7. The molecule has 0 saturated heterocycles. The lowest BCUT2D eigenvalue weighted by atomic mass is 9.92. The van der Waals surface area contributed by atoms with Crippen molar-refractivity contribution in [2.45, 2.75) is 44.9 Å². The molecular weight excluding hydrogens is 450 g/mol. The van der Waals surface area contributed by atoms with Crippen LogP contribution < -0.4 is 5.56 Å². The molecule has 0 radical (unpaired) electrons. The van der Waals surface area contributed by atoms with Crippen LogP contribution in [-0.4, -0.2) is 44.3 Å². The third-order valence-corrected chi connectivity index (χ3v) is 6.82. The average molecular weight is 482 g/mol. The third-order valence-electron chi connectivity index (χ3n) is 6.82. The Labute approximate surface area is 210 Å². The molecule has 7 heteroatoms. The first-order valence-electron chi connectivity index (χ1n) is 12.6. The van der Waals surface area contributed by atoms with E-state index in [0.29, 0.717) is 6.42 Å². The van der Waals surface area contributed by atoms with Gasteiger partial charge in [0.2, 0.25) is 5.91 Å². The van der Waals surface area contributed by atoms with Crippen molar-refractivity contribution in [2.24, 2.45) is 0 Å². The van der Waals surface area contributed by atoms with Crippen molar-refractivity contribution in [3.05, 3.63) is 82.8 Å². The van der Waals surface area contributed by atoms with Gasteiger partial charge < -0.3 is 4.90 Å². The number of fused-ring (bicyclic) bond motifs is 1. The van der Waals surface area contributed by atoms with E-state index in [2.05, 4.69) is 0 Å². The number of carbonyl (C=O) groups excluding carboxylic acids is 1. The summed E-state index contributed by atoms with van der Waals surface area (Å²) in [6.07, 6.45) is 7.90. The van der Waals surface area contributed by atoms with E-state index in [1.165, 1.54) is 5.57 Å². The van der Waals surface area contributed by atoms with Crippen LogP contribution in [0, 0.1) is 0 Å². The third kappa shape index (κ3) is 4.73. The minimum absolute atomic E-state index is 0.129. The second-order valence-corrected chi connectivity index (χ2v) is 9.49. The lowest BCUT2D eigenvalue weighted by Crippen LogP contribution is -2.24. The van der Waals surface area contributed by atoms with Gasteiger partial charge in [0.05, 0.1) is 16.8 Å². The summed E-state index contributed by atoms with van der Waals surface area (Å²) in [7, 11) is 3.57. The van der Waals surface area contributed by atoms with Gasteiger partial charge in [-0.05, 0) is 62.3 Å². The molecule has 1 aliphatic carbocycles. The highest BCUT2D eigenvalue weighted by Gasteiger charge is 2.21. The summed E-state index contributed by atoms with van der Waals surface area (Å²) in [5.41, 5.74) is 6.49. The molecule has 0 atom stereocenters. The number of rotatable bonds is 7. The highest BCUT2D eigenvalue weighted by atomic mass is 16.2. The van der Waals surface area contributed by atoms with Crippen molar-refractivity contribution in [1.82, 2.24) is 24.3 Å². The average Bonchev–Trinajstić information content (AvgIpc) is 3.29. The van der Waals surface area contributed by atoms with Gasteiger partial charge in [-0.3, -0.25) is 9.59 Å². The molecule has 0 saturated carbocycles. The maximum Gasteiger partial charge on any atom is 0.271 e. The predicted molar refractivity (Wildman–Crippen MR) is 142 cm³/mol. The van der Waals surface area contributed by atoms with Gasteiger partial charge in [-0.25, -0.2) is 9.20 Å². The van der Waals surface area contributed by atoms with Gasteiger partial charge in [-0.1, -0.05) is 36.4 Å². The zero-order valence-corrected chi connectivity index (χ0v) is 20.9. The maximum atomic E-state index is 13.1. The van der Waals surface area contributed by atoms with Gasteiger partial charge in [0.15, 0.2) is 0 Å². The fraction of sp³-hybridized carbons (Fsp3) is 0.310. The van der Waals surface area contributed by atoms with Crippen LogP contribution in [0.3, 0.4) is 0 Å². The van der Waals surface area contributed by atoms with Crippen LogP contribution in [0.4, 0.5) is 0 Å². The van der Waals surface area contributed by atoms with E-state index in [9.17, 15) is 9.59 Å². The molecule has 1 aromatic carbocycles. The first-order chi connectivity index (χ1) is 17.5. The highest BCUT2D eigenvalue weighted by molar-refractivity contribution is 5.90. The van der Waals surface area contributed by atoms with Gasteiger partial charge >= 0.3 is 0 Å². The SMILES string of the molecule is CN(C)C(=O)CCCC1=C(n2nc(-c3c(-c4ccccc4)nn4ccccc34)ccc2=O)CCCC1. The van der Waals surface area contributed by atoms with E-state index in [1.54, 1.807) is 35.8 Å². The minimum atomic E-state index is -0.129. The van der Waals surface area contributed by atoms with E-state index < -0.39 is 0 Å². The number of amides is 1. The summed E-state index contributed by atoms with van der Waals surface area (Å²) in [6.45, 7) is 0. The predicted octanol–water partition coefficient (Wildman–Crippen LogP) is 5.27. The van der Waals surface area contributed by atoms with Crippen LogP contribution in [0.2, 0.25) is 0 Å². The van der Waals surface area contributed by atoms with E-state index in [0.717, 1.165) is 72.3 Å². The van der Waals surface area contributed by atoms with Gasteiger partial charge in [0, 0.05) is 44.0 Å². The van der Waals surface area contributed by atoms with Crippen LogP contribution in [0.5, 0.6) is 0 Å². The van der Waals surface area contributed by atoms with E-state index in [-0.39, 0.29) is 11.5 Å². The van der Waals surface area contributed by atoms with Crippen molar-refractivity contribution in [1.29, 1.82) is 0 Å². The van der Waals surface area contributed by atoms with E-state index in [4.69, 9.17) is 10.2 Å². The zero-order chi connectivity index (χ0) is 25.1. The molecule has 1 amide bonds. The Kier molecular flexibility index (Phi) is 6.80. The van der Waals surface area contributed by atoms with E-state index >= 15 is 0 Å².